The summed E-state index contributed by atoms with van der Waals surface area (Å²) in [6, 6.07) is 7.35. The molecule has 0 radical (unpaired) electrons. The number of esters is 1. The zero-order valence-electron chi connectivity index (χ0n) is 14.6. The van der Waals surface area contributed by atoms with E-state index in [1.165, 1.54) is 25.3 Å². The Kier molecular flexibility index (Phi) is 6.51. The lowest BCUT2D eigenvalue weighted by Crippen LogP contribution is -2.41. The van der Waals surface area contributed by atoms with Crippen molar-refractivity contribution >= 4 is 35.1 Å². The molecule has 2 N–H and O–H groups in total. The van der Waals surface area contributed by atoms with Gasteiger partial charge in [0.1, 0.15) is 5.75 Å². The second-order valence-corrected chi connectivity index (χ2v) is 5.71. The van der Waals surface area contributed by atoms with Gasteiger partial charge < -0.3 is 9.47 Å². The van der Waals surface area contributed by atoms with E-state index >= 15 is 0 Å². The quantitative estimate of drug-likeness (QED) is 0.440. The van der Waals surface area contributed by atoms with Gasteiger partial charge in [-0.25, -0.2) is 4.79 Å². The Balaban J connectivity index is 2.22. The predicted molar refractivity (Wildman–Crippen MR) is 97.4 cm³/mol. The summed E-state index contributed by atoms with van der Waals surface area (Å²) in [5, 5.41) is 11.3. The van der Waals surface area contributed by atoms with Crippen LogP contribution in [0.5, 0.6) is 5.75 Å². The van der Waals surface area contributed by atoms with Crippen molar-refractivity contribution in [3.63, 3.8) is 0 Å². The van der Waals surface area contributed by atoms with E-state index in [0.717, 1.165) is 25.3 Å². The van der Waals surface area contributed by atoms with Gasteiger partial charge in [0.05, 0.1) is 30.3 Å². The first kappa shape index (κ1) is 20.6. The summed E-state index contributed by atoms with van der Waals surface area (Å²) in [6.45, 7) is 0. The Morgan fingerprint density at radius 2 is 1.64 bits per heavy atom. The maximum atomic E-state index is 12.3. The third kappa shape index (κ3) is 4.74. The third-order valence-corrected chi connectivity index (χ3v) is 3.74. The van der Waals surface area contributed by atoms with Crippen molar-refractivity contribution in [3.05, 3.63) is 68.2 Å². The minimum Gasteiger partial charge on any atom is -0.496 e. The van der Waals surface area contributed by atoms with Crippen LogP contribution in [0.4, 0.5) is 5.69 Å². The number of hydrazine groups is 1. The molecule has 28 heavy (non-hydrogen) atoms. The average Bonchev–Trinajstić information content (AvgIpc) is 2.70. The Labute approximate surface area is 163 Å². The van der Waals surface area contributed by atoms with Crippen LogP contribution in [0.15, 0.2) is 36.4 Å². The summed E-state index contributed by atoms with van der Waals surface area (Å²) in [5.41, 5.74) is 3.40. The number of rotatable bonds is 5. The monoisotopic (exact) mass is 407 g/mol. The molecule has 2 amide bonds. The van der Waals surface area contributed by atoms with Crippen molar-refractivity contribution in [1.82, 2.24) is 10.9 Å². The average molecular weight is 408 g/mol. The van der Waals surface area contributed by atoms with Crippen LogP contribution in [0.3, 0.4) is 0 Å². The summed E-state index contributed by atoms with van der Waals surface area (Å²) in [5.74, 6) is -2.25. The fraction of sp³-hybridized carbons (Fsp3) is 0.118. The summed E-state index contributed by atoms with van der Waals surface area (Å²) in [6.07, 6.45) is 0. The first-order valence-electron chi connectivity index (χ1n) is 7.58. The van der Waals surface area contributed by atoms with Gasteiger partial charge in [0.25, 0.3) is 17.5 Å². The highest BCUT2D eigenvalue weighted by Gasteiger charge is 2.19. The van der Waals surface area contributed by atoms with Gasteiger partial charge in [0.2, 0.25) is 0 Å². The fourth-order valence-electron chi connectivity index (χ4n) is 2.19. The number of halogens is 1. The third-order valence-electron chi connectivity index (χ3n) is 3.51. The van der Waals surface area contributed by atoms with E-state index in [9.17, 15) is 24.5 Å². The number of nitro benzene ring substituents is 1. The zero-order valence-corrected chi connectivity index (χ0v) is 15.4. The van der Waals surface area contributed by atoms with E-state index in [4.69, 9.17) is 16.3 Å². The highest BCUT2D eigenvalue weighted by molar-refractivity contribution is 6.31. The molecule has 11 heteroatoms. The number of nitrogens with one attached hydrogen (secondary N) is 2. The largest absolute Gasteiger partial charge is 0.496 e. The Hall–Kier alpha value is -3.66. The van der Waals surface area contributed by atoms with Gasteiger partial charge in [0, 0.05) is 22.7 Å². The Morgan fingerprint density at radius 3 is 2.25 bits per heavy atom. The molecule has 0 spiro atoms. The highest BCUT2D eigenvalue weighted by atomic mass is 35.5. The number of non-ortho nitro benzene ring substituents is 1. The lowest BCUT2D eigenvalue weighted by molar-refractivity contribution is -0.384. The molecule has 0 unspecified atom stereocenters. The standard InChI is InChI=1S/C17H14ClN3O7/c1-27-14-4-3-11(18)8-13(14)16(23)20-19-15(22)9-5-10(17(24)28-2)7-12(6-9)21(25)26/h3-8H,1-2H3,(H,19,22)(H,20,23). The molecule has 2 aromatic rings. The lowest BCUT2D eigenvalue weighted by Gasteiger charge is -2.11. The van der Waals surface area contributed by atoms with Crippen molar-refractivity contribution in [2.24, 2.45) is 0 Å². The van der Waals surface area contributed by atoms with E-state index in [-0.39, 0.29) is 27.5 Å². The molecule has 0 aliphatic carbocycles. The normalized spacial score (nSPS) is 9.96. The molecule has 0 fully saturated rings. The predicted octanol–water partition coefficient (Wildman–Crippen LogP) is 2.12. The second kappa shape index (κ2) is 8.82. The van der Waals surface area contributed by atoms with Crippen molar-refractivity contribution in [3.8, 4) is 5.75 Å². The first-order valence-corrected chi connectivity index (χ1v) is 7.96. The van der Waals surface area contributed by atoms with Gasteiger partial charge in [-0.05, 0) is 24.3 Å². The van der Waals surface area contributed by atoms with Crippen LogP contribution < -0.4 is 15.6 Å². The molecule has 10 nitrogen and oxygen atoms in total. The zero-order chi connectivity index (χ0) is 20.8. The Bertz CT molecular complexity index is 962. The highest BCUT2D eigenvalue weighted by Crippen LogP contribution is 2.22. The van der Waals surface area contributed by atoms with Gasteiger partial charge in [-0.2, -0.15) is 0 Å². The number of carbonyl (C=O) groups is 3. The number of hydrogen-bond acceptors (Lipinski definition) is 7. The molecule has 0 bridgehead atoms. The molecule has 0 heterocycles. The van der Waals surface area contributed by atoms with E-state index in [2.05, 4.69) is 15.6 Å². The Morgan fingerprint density at radius 1 is 1.00 bits per heavy atom. The SMILES string of the molecule is COC(=O)c1cc(C(=O)NNC(=O)c2cc(Cl)ccc2OC)cc([N+](=O)[O-])c1. The number of hydrogen-bond donors (Lipinski definition) is 2. The van der Waals surface area contributed by atoms with Gasteiger partial charge >= 0.3 is 5.97 Å². The fourth-order valence-corrected chi connectivity index (χ4v) is 2.37. The number of methoxy groups -OCH3 is 2. The van der Waals surface area contributed by atoms with Crippen LogP contribution in [0.2, 0.25) is 5.02 Å². The molecule has 0 saturated carbocycles. The minimum absolute atomic E-state index is 0.0598. The molecule has 0 atom stereocenters. The first-order chi connectivity index (χ1) is 13.3. The number of nitrogens with zero attached hydrogens (tertiary/aromatic N) is 1. The molecule has 2 aromatic carbocycles. The van der Waals surface area contributed by atoms with Crippen LogP contribution in [-0.4, -0.2) is 36.9 Å². The van der Waals surface area contributed by atoms with Gasteiger partial charge in [0.15, 0.2) is 0 Å². The topological polar surface area (TPSA) is 137 Å². The van der Waals surface area contributed by atoms with Crippen LogP contribution in [0.1, 0.15) is 31.1 Å². The van der Waals surface area contributed by atoms with E-state index in [1.807, 2.05) is 0 Å². The minimum atomic E-state index is -0.886. The molecular formula is C17H14ClN3O7. The number of benzene rings is 2. The van der Waals surface area contributed by atoms with Crippen LogP contribution in [0.25, 0.3) is 0 Å². The number of amides is 2. The van der Waals surface area contributed by atoms with Crippen molar-refractivity contribution in [2.75, 3.05) is 14.2 Å². The smallest absolute Gasteiger partial charge is 0.338 e. The molecule has 146 valence electrons. The van der Waals surface area contributed by atoms with Crippen LogP contribution in [-0.2, 0) is 4.74 Å². The summed E-state index contributed by atoms with van der Waals surface area (Å²) < 4.78 is 9.56. The number of carbonyl (C=O) groups excluding carboxylic acids is 3. The maximum absolute atomic E-state index is 12.3. The van der Waals surface area contributed by atoms with E-state index in [0.29, 0.717) is 0 Å². The molecule has 0 aromatic heterocycles. The van der Waals surface area contributed by atoms with Crippen LogP contribution >= 0.6 is 11.6 Å². The van der Waals surface area contributed by atoms with Gasteiger partial charge in [-0.3, -0.25) is 30.6 Å². The molecule has 0 aliphatic heterocycles. The lowest BCUT2D eigenvalue weighted by atomic mass is 10.1. The summed E-state index contributed by atoms with van der Waals surface area (Å²) in [7, 11) is 2.45. The van der Waals surface area contributed by atoms with Crippen molar-refractivity contribution in [1.29, 1.82) is 0 Å². The summed E-state index contributed by atoms with van der Waals surface area (Å²) >= 11 is 5.85. The maximum Gasteiger partial charge on any atom is 0.338 e. The summed E-state index contributed by atoms with van der Waals surface area (Å²) in [4.78, 5) is 46.4. The number of ether oxygens (including phenoxy) is 2. The van der Waals surface area contributed by atoms with Gasteiger partial charge in [-0.1, -0.05) is 11.6 Å². The van der Waals surface area contributed by atoms with E-state index in [1.54, 1.807) is 0 Å². The van der Waals surface area contributed by atoms with Crippen molar-refractivity contribution < 1.29 is 28.8 Å². The van der Waals surface area contributed by atoms with Crippen molar-refractivity contribution in [2.45, 2.75) is 0 Å². The molecule has 0 saturated heterocycles. The van der Waals surface area contributed by atoms with Crippen LogP contribution in [0, 0.1) is 10.1 Å². The van der Waals surface area contributed by atoms with E-state index < -0.39 is 28.4 Å². The molecule has 0 aliphatic rings. The second-order valence-electron chi connectivity index (χ2n) is 5.27. The number of nitro groups is 1. The molecular weight excluding hydrogens is 394 g/mol. The molecule has 2 rings (SSSR count). The van der Waals surface area contributed by atoms with Gasteiger partial charge in [-0.15, -0.1) is 0 Å².